The zero-order chi connectivity index (χ0) is 19.7. The molecule has 2 N–H and O–H groups in total. The van der Waals surface area contributed by atoms with Gasteiger partial charge in [0, 0.05) is 12.1 Å². The van der Waals surface area contributed by atoms with Gasteiger partial charge in [0.05, 0.1) is 6.61 Å². The normalized spacial score (nSPS) is 10.4. The Morgan fingerprint density at radius 1 is 0.889 bits per heavy atom. The van der Waals surface area contributed by atoms with E-state index >= 15 is 0 Å². The number of hydrogen-bond acceptors (Lipinski definition) is 3. The average molecular weight is 393 g/mol. The van der Waals surface area contributed by atoms with Crippen LogP contribution in [-0.4, -0.2) is 24.2 Å². The maximum atomic E-state index is 12.2. The summed E-state index contributed by atoms with van der Waals surface area (Å²) < 4.78 is 5.73. The summed E-state index contributed by atoms with van der Waals surface area (Å²) in [6, 6.07) is 7.22. The number of carbonyl (C=O) groups excluding carboxylic acids is 1. The Bertz CT molecular complexity index is 532. The van der Waals surface area contributed by atoms with E-state index in [-0.39, 0.29) is 5.91 Å². The molecule has 0 heterocycles. The summed E-state index contributed by atoms with van der Waals surface area (Å²) >= 11 is 5.19. The predicted octanol–water partition coefficient (Wildman–Crippen LogP) is 5.61. The molecule has 0 spiro atoms. The van der Waals surface area contributed by atoms with Crippen LogP contribution in [0.4, 0.5) is 0 Å². The highest BCUT2D eigenvalue weighted by Crippen LogP contribution is 2.13. The summed E-state index contributed by atoms with van der Waals surface area (Å²) in [6.45, 7) is 5.94. The van der Waals surface area contributed by atoms with Crippen LogP contribution in [-0.2, 0) is 0 Å². The molecular formula is C22H36N2O2S. The summed E-state index contributed by atoms with van der Waals surface area (Å²) in [4.78, 5) is 12.2. The fourth-order valence-corrected chi connectivity index (χ4v) is 2.94. The zero-order valence-corrected chi connectivity index (χ0v) is 17.8. The van der Waals surface area contributed by atoms with Gasteiger partial charge in [0.1, 0.15) is 5.75 Å². The van der Waals surface area contributed by atoms with Crippen LogP contribution in [0.5, 0.6) is 5.75 Å². The van der Waals surface area contributed by atoms with Crippen LogP contribution in [0.3, 0.4) is 0 Å². The van der Waals surface area contributed by atoms with E-state index in [0.29, 0.717) is 10.7 Å². The molecule has 0 atom stereocenters. The van der Waals surface area contributed by atoms with Gasteiger partial charge in [-0.15, -0.1) is 0 Å². The lowest BCUT2D eigenvalue weighted by Crippen LogP contribution is -2.39. The first-order chi connectivity index (χ1) is 13.2. The van der Waals surface area contributed by atoms with Crippen LogP contribution in [0.15, 0.2) is 24.3 Å². The van der Waals surface area contributed by atoms with Crippen molar-refractivity contribution in [2.75, 3.05) is 13.2 Å². The minimum atomic E-state index is -0.190. The Morgan fingerprint density at radius 3 is 2.11 bits per heavy atom. The molecule has 0 bridgehead atoms. The molecule has 0 aliphatic rings. The summed E-state index contributed by atoms with van der Waals surface area (Å²) in [5.74, 6) is 0.611. The monoisotopic (exact) mass is 392 g/mol. The minimum Gasteiger partial charge on any atom is -0.494 e. The highest BCUT2D eigenvalue weighted by Gasteiger charge is 2.07. The number of benzene rings is 1. The molecule has 0 aromatic heterocycles. The smallest absolute Gasteiger partial charge is 0.257 e. The lowest BCUT2D eigenvalue weighted by molar-refractivity contribution is 0.0976. The van der Waals surface area contributed by atoms with E-state index in [1.54, 1.807) is 12.1 Å². The lowest BCUT2D eigenvalue weighted by atomic mass is 10.1. The van der Waals surface area contributed by atoms with Crippen LogP contribution in [0.2, 0.25) is 0 Å². The lowest BCUT2D eigenvalue weighted by Gasteiger charge is -2.10. The van der Waals surface area contributed by atoms with Gasteiger partial charge in [-0.25, -0.2) is 0 Å². The van der Waals surface area contributed by atoms with Crippen molar-refractivity contribution in [2.45, 2.75) is 78.1 Å². The maximum absolute atomic E-state index is 12.2. The molecule has 5 heteroatoms. The molecule has 1 aromatic carbocycles. The quantitative estimate of drug-likeness (QED) is 0.319. The summed E-state index contributed by atoms with van der Waals surface area (Å²) in [5, 5.41) is 6.22. The number of rotatable bonds is 14. The number of ether oxygens (including phenoxy) is 1. The maximum Gasteiger partial charge on any atom is 0.257 e. The molecular weight excluding hydrogens is 356 g/mol. The Labute approximate surface area is 170 Å². The van der Waals surface area contributed by atoms with Crippen LogP contribution in [0.1, 0.15) is 88.4 Å². The van der Waals surface area contributed by atoms with Crippen molar-refractivity contribution < 1.29 is 9.53 Å². The molecule has 1 rings (SSSR count). The van der Waals surface area contributed by atoms with Crippen molar-refractivity contribution >= 4 is 23.2 Å². The first-order valence-electron chi connectivity index (χ1n) is 10.5. The average Bonchev–Trinajstić information content (AvgIpc) is 2.67. The summed E-state index contributed by atoms with van der Waals surface area (Å²) in [5.41, 5.74) is 0.581. The molecule has 0 saturated carbocycles. The number of amides is 1. The van der Waals surface area contributed by atoms with Gasteiger partial charge < -0.3 is 10.1 Å². The second-order valence-corrected chi connectivity index (χ2v) is 7.32. The van der Waals surface area contributed by atoms with Crippen molar-refractivity contribution in [3.05, 3.63) is 29.8 Å². The molecule has 0 aliphatic heterocycles. The zero-order valence-electron chi connectivity index (χ0n) is 17.0. The molecule has 0 radical (unpaired) electrons. The van der Waals surface area contributed by atoms with Crippen LogP contribution in [0.25, 0.3) is 0 Å². The van der Waals surface area contributed by atoms with E-state index in [1.165, 1.54) is 51.4 Å². The van der Waals surface area contributed by atoms with Gasteiger partial charge in [0.25, 0.3) is 5.91 Å². The molecule has 27 heavy (non-hydrogen) atoms. The Morgan fingerprint density at radius 2 is 1.48 bits per heavy atom. The topological polar surface area (TPSA) is 50.4 Å². The molecule has 0 unspecified atom stereocenters. The second kappa shape index (κ2) is 15.4. The third-order valence-electron chi connectivity index (χ3n) is 4.43. The number of unbranched alkanes of at least 4 members (excludes halogenated alkanes) is 8. The van der Waals surface area contributed by atoms with E-state index in [1.807, 2.05) is 12.1 Å². The van der Waals surface area contributed by atoms with E-state index in [9.17, 15) is 4.79 Å². The van der Waals surface area contributed by atoms with Crippen molar-refractivity contribution in [1.29, 1.82) is 0 Å². The standard InChI is InChI=1S/C22H36N2O2S/c1-3-5-7-9-11-17-23-22(27)24-21(25)19-13-15-20(16-14-19)26-18-12-10-8-6-4-2/h13-16H,3-12,17-18H2,1-2H3,(H2,23,24,25,27). The molecule has 4 nitrogen and oxygen atoms in total. The molecule has 1 amide bonds. The number of hydrogen-bond donors (Lipinski definition) is 2. The largest absolute Gasteiger partial charge is 0.494 e. The van der Waals surface area contributed by atoms with Gasteiger partial charge >= 0.3 is 0 Å². The minimum absolute atomic E-state index is 0.190. The van der Waals surface area contributed by atoms with E-state index in [4.69, 9.17) is 17.0 Å². The number of carbonyl (C=O) groups is 1. The third kappa shape index (κ3) is 11.6. The highest BCUT2D eigenvalue weighted by atomic mass is 32.1. The second-order valence-electron chi connectivity index (χ2n) is 6.91. The molecule has 0 fully saturated rings. The van der Waals surface area contributed by atoms with Crippen LogP contribution < -0.4 is 15.4 Å². The Balaban J connectivity index is 2.21. The van der Waals surface area contributed by atoms with Crippen molar-refractivity contribution in [2.24, 2.45) is 0 Å². The fraction of sp³-hybridized carbons (Fsp3) is 0.636. The molecule has 1 aromatic rings. The van der Waals surface area contributed by atoms with Gasteiger partial charge in [-0.1, -0.05) is 65.2 Å². The SMILES string of the molecule is CCCCCCCNC(=S)NC(=O)c1ccc(OCCCCCCC)cc1. The highest BCUT2D eigenvalue weighted by molar-refractivity contribution is 7.80. The third-order valence-corrected chi connectivity index (χ3v) is 4.67. The van der Waals surface area contributed by atoms with Gasteiger partial charge in [-0.05, 0) is 49.3 Å². The van der Waals surface area contributed by atoms with E-state index in [0.717, 1.165) is 31.7 Å². The van der Waals surface area contributed by atoms with Gasteiger partial charge in [-0.3, -0.25) is 10.1 Å². The van der Waals surface area contributed by atoms with Gasteiger partial charge in [0.2, 0.25) is 0 Å². The first kappa shape index (κ1) is 23.4. The predicted molar refractivity (Wildman–Crippen MR) is 118 cm³/mol. The Hall–Kier alpha value is -1.62. The van der Waals surface area contributed by atoms with Crippen molar-refractivity contribution in [3.8, 4) is 5.75 Å². The molecule has 152 valence electrons. The van der Waals surface area contributed by atoms with E-state index < -0.39 is 0 Å². The molecule has 0 aliphatic carbocycles. The van der Waals surface area contributed by atoms with Crippen molar-refractivity contribution in [1.82, 2.24) is 10.6 Å². The van der Waals surface area contributed by atoms with E-state index in [2.05, 4.69) is 24.5 Å². The fourth-order valence-electron chi connectivity index (χ4n) is 2.75. The van der Waals surface area contributed by atoms with Gasteiger partial charge in [0.15, 0.2) is 5.11 Å². The van der Waals surface area contributed by atoms with Crippen LogP contribution >= 0.6 is 12.2 Å². The first-order valence-corrected chi connectivity index (χ1v) is 10.9. The Kier molecular flexibility index (Phi) is 13.4. The summed E-state index contributed by atoms with van der Waals surface area (Å²) in [7, 11) is 0. The summed E-state index contributed by atoms with van der Waals surface area (Å²) in [6.07, 6.45) is 12.1. The number of thiocarbonyl (C=S) groups is 1. The van der Waals surface area contributed by atoms with Crippen LogP contribution in [0, 0.1) is 0 Å². The van der Waals surface area contributed by atoms with Crippen molar-refractivity contribution in [3.63, 3.8) is 0 Å². The molecule has 0 saturated heterocycles. The number of nitrogens with one attached hydrogen (secondary N) is 2. The van der Waals surface area contributed by atoms with Gasteiger partial charge in [-0.2, -0.15) is 0 Å².